The molecular weight excluding hydrogens is 294 g/mol. The number of carbonyl (C=O) groups is 2. The summed E-state index contributed by atoms with van der Waals surface area (Å²) < 4.78 is 5.47. The zero-order valence-electron chi connectivity index (χ0n) is 13.4. The standard InChI is InChI=1S/C17H21N3O3/c1-3-16(21)14-4-6-15(7-5-14)23-12-17(22)20(2)9-8-13-10-18-19-11-13/h4-7,10-11H,3,8-9,12H2,1-2H3,(H,18,19). The van der Waals surface area contributed by atoms with Crippen LogP contribution in [-0.4, -0.2) is 47.0 Å². The minimum Gasteiger partial charge on any atom is -0.484 e. The number of benzene rings is 1. The first-order valence-corrected chi connectivity index (χ1v) is 7.58. The van der Waals surface area contributed by atoms with Crippen LogP contribution >= 0.6 is 0 Å². The Bertz CT molecular complexity index is 636. The predicted molar refractivity (Wildman–Crippen MR) is 86.5 cm³/mol. The molecule has 0 unspecified atom stereocenters. The maximum Gasteiger partial charge on any atom is 0.260 e. The molecule has 0 bridgehead atoms. The molecule has 0 aliphatic rings. The lowest BCUT2D eigenvalue weighted by Gasteiger charge is -2.17. The summed E-state index contributed by atoms with van der Waals surface area (Å²) in [7, 11) is 1.74. The average molecular weight is 315 g/mol. The number of H-pyrrole nitrogens is 1. The van der Waals surface area contributed by atoms with Crippen LogP contribution < -0.4 is 4.74 Å². The van der Waals surface area contributed by atoms with Gasteiger partial charge >= 0.3 is 0 Å². The number of rotatable bonds is 8. The summed E-state index contributed by atoms with van der Waals surface area (Å²) in [6.45, 7) is 2.40. The van der Waals surface area contributed by atoms with E-state index in [-0.39, 0.29) is 18.3 Å². The smallest absolute Gasteiger partial charge is 0.260 e. The molecule has 1 N–H and O–H groups in total. The van der Waals surface area contributed by atoms with Crippen LogP contribution in [0.2, 0.25) is 0 Å². The van der Waals surface area contributed by atoms with Crippen molar-refractivity contribution in [2.45, 2.75) is 19.8 Å². The van der Waals surface area contributed by atoms with Crippen molar-refractivity contribution in [2.24, 2.45) is 0 Å². The second-order valence-corrected chi connectivity index (χ2v) is 5.26. The largest absolute Gasteiger partial charge is 0.484 e. The number of amides is 1. The molecule has 0 saturated heterocycles. The van der Waals surface area contributed by atoms with Gasteiger partial charge in [-0.2, -0.15) is 5.10 Å². The SMILES string of the molecule is CCC(=O)c1ccc(OCC(=O)N(C)CCc2cn[nH]c2)cc1. The molecule has 1 aromatic heterocycles. The van der Waals surface area contributed by atoms with E-state index in [0.717, 1.165) is 12.0 Å². The number of carbonyl (C=O) groups excluding carboxylic acids is 2. The molecule has 122 valence electrons. The van der Waals surface area contributed by atoms with Gasteiger partial charge in [-0.3, -0.25) is 14.7 Å². The van der Waals surface area contributed by atoms with Crippen molar-refractivity contribution >= 4 is 11.7 Å². The Morgan fingerprint density at radius 3 is 2.61 bits per heavy atom. The van der Waals surface area contributed by atoms with E-state index in [1.165, 1.54) is 0 Å². The molecule has 2 aromatic rings. The van der Waals surface area contributed by atoms with E-state index in [9.17, 15) is 9.59 Å². The number of hydrogen-bond acceptors (Lipinski definition) is 4. The third-order valence-electron chi connectivity index (χ3n) is 3.58. The topological polar surface area (TPSA) is 75.3 Å². The number of ketones is 1. The molecule has 0 aliphatic heterocycles. The van der Waals surface area contributed by atoms with Crippen LogP contribution in [0, 0.1) is 0 Å². The number of likely N-dealkylation sites (N-methyl/N-ethyl adjacent to an activating group) is 1. The van der Waals surface area contributed by atoms with Crippen molar-refractivity contribution in [3.63, 3.8) is 0 Å². The summed E-state index contributed by atoms with van der Waals surface area (Å²) in [6.07, 6.45) is 4.77. The quantitative estimate of drug-likeness (QED) is 0.757. The number of nitrogens with one attached hydrogen (secondary N) is 1. The molecule has 2 rings (SSSR count). The first kappa shape index (κ1) is 16.7. The Hall–Kier alpha value is -2.63. The van der Waals surface area contributed by atoms with E-state index >= 15 is 0 Å². The van der Waals surface area contributed by atoms with Gasteiger partial charge in [-0.15, -0.1) is 0 Å². The third-order valence-corrected chi connectivity index (χ3v) is 3.58. The summed E-state index contributed by atoms with van der Waals surface area (Å²) in [5, 5.41) is 6.61. The van der Waals surface area contributed by atoms with Gasteiger partial charge in [0.2, 0.25) is 0 Å². The number of aromatic nitrogens is 2. The summed E-state index contributed by atoms with van der Waals surface area (Å²) >= 11 is 0. The van der Waals surface area contributed by atoms with Crippen molar-refractivity contribution in [3.8, 4) is 5.75 Å². The number of Topliss-reactive ketones (excluding diaryl/α,β-unsaturated/α-hetero) is 1. The maximum atomic E-state index is 12.0. The van der Waals surface area contributed by atoms with Gasteiger partial charge in [-0.05, 0) is 36.2 Å². The molecule has 6 heteroatoms. The van der Waals surface area contributed by atoms with E-state index in [4.69, 9.17) is 4.74 Å². The van der Waals surface area contributed by atoms with Crippen molar-refractivity contribution < 1.29 is 14.3 Å². The highest BCUT2D eigenvalue weighted by Crippen LogP contribution is 2.13. The van der Waals surface area contributed by atoms with Gasteiger partial charge in [-0.1, -0.05) is 6.92 Å². The Morgan fingerprint density at radius 1 is 1.26 bits per heavy atom. The molecule has 0 saturated carbocycles. The lowest BCUT2D eigenvalue weighted by atomic mass is 10.1. The van der Waals surface area contributed by atoms with Gasteiger partial charge in [0.05, 0.1) is 6.20 Å². The Labute approximate surface area is 135 Å². The molecule has 1 heterocycles. The number of ether oxygens (including phenoxy) is 1. The minimum atomic E-state index is -0.0952. The lowest BCUT2D eigenvalue weighted by Crippen LogP contribution is -2.33. The summed E-state index contributed by atoms with van der Waals surface area (Å²) in [4.78, 5) is 25.2. The summed E-state index contributed by atoms with van der Waals surface area (Å²) in [6, 6.07) is 6.85. The van der Waals surface area contributed by atoms with Crippen LogP contribution in [0.25, 0.3) is 0 Å². The van der Waals surface area contributed by atoms with E-state index in [1.807, 2.05) is 13.1 Å². The van der Waals surface area contributed by atoms with Crippen molar-refractivity contribution in [3.05, 3.63) is 47.8 Å². The maximum absolute atomic E-state index is 12.0. The molecule has 0 atom stereocenters. The van der Waals surface area contributed by atoms with Crippen LogP contribution in [0.15, 0.2) is 36.7 Å². The summed E-state index contributed by atoms with van der Waals surface area (Å²) in [5.41, 5.74) is 1.71. The van der Waals surface area contributed by atoms with Crippen molar-refractivity contribution in [2.75, 3.05) is 20.2 Å². The molecular formula is C17H21N3O3. The highest BCUT2D eigenvalue weighted by molar-refractivity contribution is 5.95. The second kappa shape index (κ2) is 8.12. The fourth-order valence-electron chi connectivity index (χ4n) is 2.03. The van der Waals surface area contributed by atoms with Crippen LogP contribution in [0.4, 0.5) is 0 Å². The number of nitrogens with zero attached hydrogens (tertiary/aromatic N) is 2. The van der Waals surface area contributed by atoms with Crippen LogP contribution in [-0.2, 0) is 11.2 Å². The van der Waals surface area contributed by atoms with Crippen LogP contribution in [0.3, 0.4) is 0 Å². The Balaban J connectivity index is 1.78. The van der Waals surface area contributed by atoms with Gasteiger partial charge in [0, 0.05) is 31.8 Å². The normalized spacial score (nSPS) is 10.3. The third kappa shape index (κ3) is 4.95. The highest BCUT2D eigenvalue weighted by atomic mass is 16.5. The predicted octanol–water partition coefficient (Wildman–Crippen LogP) is 2.08. The fraction of sp³-hybridized carbons (Fsp3) is 0.353. The molecule has 6 nitrogen and oxygen atoms in total. The van der Waals surface area contributed by atoms with E-state index in [2.05, 4.69) is 10.2 Å². The van der Waals surface area contributed by atoms with Crippen molar-refractivity contribution in [1.29, 1.82) is 0 Å². The zero-order valence-corrected chi connectivity index (χ0v) is 13.4. The minimum absolute atomic E-state index is 0.0248. The molecule has 0 spiro atoms. The van der Waals surface area contributed by atoms with E-state index in [1.54, 1.807) is 42.4 Å². The second-order valence-electron chi connectivity index (χ2n) is 5.26. The van der Waals surface area contributed by atoms with Crippen LogP contribution in [0.1, 0.15) is 29.3 Å². The first-order valence-electron chi connectivity index (χ1n) is 7.58. The van der Waals surface area contributed by atoms with E-state index in [0.29, 0.717) is 24.3 Å². The molecule has 0 fully saturated rings. The number of aromatic amines is 1. The Morgan fingerprint density at radius 2 is 2.00 bits per heavy atom. The van der Waals surface area contributed by atoms with Crippen molar-refractivity contribution in [1.82, 2.24) is 15.1 Å². The van der Waals surface area contributed by atoms with E-state index < -0.39 is 0 Å². The molecule has 23 heavy (non-hydrogen) atoms. The van der Waals surface area contributed by atoms with Gasteiger partial charge in [0.1, 0.15) is 5.75 Å². The lowest BCUT2D eigenvalue weighted by molar-refractivity contribution is -0.132. The van der Waals surface area contributed by atoms with Gasteiger partial charge in [0.25, 0.3) is 5.91 Å². The monoisotopic (exact) mass is 315 g/mol. The molecule has 0 radical (unpaired) electrons. The molecule has 1 aromatic carbocycles. The zero-order chi connectivity index (χ0) is 16.7. The summed E-state index contributed by atoms with van der Waals surface area (Å²) in [5.74, 6) is 0.572. The van der Waals surface area contributed by atoms with Gasteiger partial charge in [-0.25, -0.2) is 0 Å². The van der Waals surface area contributed by atoms with Gasteiger partial charge in [0.15, 0.2) is 12.4 Å². The molecule has 1 amide bonds. The first-order chi connectivity index (χ1) is 11.1. The highest BCUT2D eigenvalue weighted by Gasteiger charge is 2.10. The average Bonchev–Trinajstić information content (AvgIpc) is 3.10. The Kier molecular flexibility index (Phi) is 5.91. The van der Waals surface area contributed by atoms with Gasteiger partial charge < -0.3 is 9.64 Å². The molecule has 0 aliphatic carbocycles. The fourth-order valence-corrected chi connectivity index (χ4v) is 2.03. The van der Waals surface area contributed by atoms with Crippen LogP contribution in [0.5, 0.6) is 5.75 Å². The number of hydrogen-bond donors (Lipinski definition) is 1.